The van der Waals surface area contributed by atoms with E-state index in [1.165, 1.54) is 14.9 Å². The average molecular weight is 403 g/mol. The number of nitrogens with zero attached hydrogens (tertiary/aromatic N) is 6. The first-order chi connectivity index (χ1) is 14.6. The first kappa shape index (κ1) is 18.2. The molecule has 1 aromatic carbocycles. The number of piperazine rings is 1. The number of amides is 1. The van der Waals surface area contributed by atoms with Gasteiger partial charge in [0, 0.05) is 38.1 Å². The molecule has 1 fully saturated rings. The van der Waals surface area contributed by atoms with Gasteiger partial charge in [-0.3, -0.25) is 14.6 Å². The Labute approximate surface area is 172 Å². The monoisotopic (exact) mass is 403 g/mol. The predicted molar refractivity (Wildman–Crippen MR) is 112 cm³/mol. The van der Waals surface area contributed by atoms with E-state index in [4.69, 9.17) is 0 Å². The summed E-state index contributed by atoms with van der Waals surface area (Å²) in [5, 5.41) is 8.70. The molecule has 1 aliphatic rings. The molecule has 0 radical (unpaired) electrons. The van der Waals surface area contributed by atoms with Crippen LogP contribution in [0, 0.1) is 6.92 Å². The molecule has 0 saturated carbocycles. The zero-order valence-corrected chi connectivity index (χ0v) is 16.5. The molecule has 0 spiro atoms. The van der Waals surface area contributed by atoms with E-state index in [1.807, 2.05) is 23.1 Å². The SMILES string of the molecule is Cc1c(C(=O)N2CCN(c3ccccc3)CC2)cnn1-c1nn2cccc2c(=O)[nH]1. The Morgan fingerprint density at radius 1 is 1.03 bits per heavy atom. The third kappa shape index (κ3) is 3.04. The number of H-pyrrole nitrogens is 1. The van der Waals surface area contributed by atoms with Crippen LogP contribution in [0.4, 0.5) is 5.69 Å². The molecule has 9 nitrogen and oxygen atoms in total. The summed E-state index contributed by atoms with van der Waals surface area (Å²) in [5.41, 5.74) is 2.52. The topological polar surface area (TPSA) is 91.5 Å². The molecule has 1 saturated heterocycles. The van der Waals surface area contributed by atoms with Crippen LogP contribution in [0.5, 0.6) is 0 Å². The summed E-state index contributed by atoms with van der Waals surface area (Å²) in [6.07, 6.45) is 3.24. The first-order valence-electron chi connectivity index (χ1n) is 9.84. The standard InChI is InChI=1S/C21H21N7O2/c1-15-17(14-22-28(15)21-23-19(29)18-8-5-9-27(18)24-21)20(30)26-12-10-25(11-13-26)16-6-3-2-4-7-16/h2-9,14H,10-13H2,1H3,(H,23,24,29). The first-order valence-corrected chi connectivity index (χ1v) is 9.84. The summed E-state index contributed by atoms with van der Waals surface area (Å²) in [6.45, 7) is 4.65. The number of carbonyl (C=O) groups is 1. The third-order valence-corrected chi connectivity index (χ3v) is 5.52. The van der Waals surface area contributed by atoms with Crippen LogP contribution in [-0.4, -0.2) is 61.4 Å². The molecule has 4 heterocycles. The van der Waals surface area contributed by atoms with Gasteiger partial charge >= 0.3 is 0 Å². The Morgan fingerprint density at radius 3 is 2.57 bits per heavy atom. The van der Waals surface area contributed by atoms with Crippen molar-refractivity contribution in [2.24, 2.45) is 0 Å². The van der Waals surface area contributed by atoms with Gasteiger partial charge in [0.25, 0.3) is 11.5 Å². The summed E-state index contributed by atoms with van der Waals surface area (Å²) in [6, 6.07) is 13.7. The van der Waals surface area contributed by atoms with Crippen molar-refractivity contribution in [3.8, 4) is 5.95 Å². The van der Waals surface area contributed by atoms with Crippen LogP contribution in [0.3, 0.4) is 0 Å². The Balaban J connectivity index is 1.36. The van der Waals surface area contributed by atoms with Crippen LogP contribution in [0.15, 0.2) is 59.7 Å². The highest BCUT2D eigenvalue weighted by atomic mass is 16.2. The smallest absolute Gasteiger partial charge is 0.276 e. The zero-order chi connectivity index (χ0) is 20.7. The molecule has 0 aliphatic carbocycles. The summed E-state index contributed by atoms with van der Waals surface area (Å²) in [5.74, 6) is 0.213. The minimum Gasteiger partial charge on any atom is -0.368 e. The van der Waals surface area contributed by atoms with Gasteiger partial charge in [0.2, 0.25) is 5.95 Å². The van der Waals surface area contributed by atoms with Gasteiger partial charge < -0.3 is 9.80 Å². The fraction of sp³-hybridized carbons (Fsp3) is 0.238. The maximum absolute atomic E-state index is 13.1. The van der Waals surface area contributed by atoms with E-state index in [-0.39, 0.29) is 17.4 Å². The van der Waals surface area contributed by atoms with E-state index < -0.39 is 0 Å². The number of carbonyl (C=O) groups excluding carboxylic acids is 1. The number of rotatable bonds is 3. The number of nitrogens with one attached hydrogen (secondary N) is 1. The molecule has 0 unspecified atom stereocenters. The lowest BCUT2D eigenvalue weighted by Crippen LogP contribution is -2.48. The maximum atomic E-state index is 13.1. The van der Waals surface area contributed by atoms with Crippen LogP contribution < -0.4 is 10.5 Å². The van der Waals surface area contributed by atoms with Crippen molar-refractivity contribution < 1.29 is 4.79 Å². The van der Waals surface area contributed by atoms with Gasteiger partial charge in [0.05, 0.1) is 17.5 Å². The highest BCUT2D eigenvalue weighted by Gasteiger charge is 2.25. The summed E-state index contributed by atoms with van der Waals surface area (Å²) in [4.78, 5) is 32.2. The number of fused-ring (bicyclic) bond motifs is 1. The predicted octanol–water partition coefficient (Wildman–Crippen LogP) is 1.48. The van der Waals surface area contributed by atoms with E-state index >= 15 is 0 Å². The Hall–Kier alpha value is -3.88. The zero-order valence-electron chi connectivity index (χ0n) is 16.5. The van der Waals surface area contributed by atoms with Crippen molar-refractivity contribution in [3.63, 3.8) is 0 Å². The van der Waals surface area contributed by atoms with Gasteiger partial charge in [-0.2, -0.15) is 5.10 Å². The molecule has 9 heteroatoms. The summed E-state index contributed by atoms with van der Waals surface area (Å²) >= 11 is 0. The Morgan fingerprint density at radius 2 is 1.80 bits per heavy atom. The molecule has 3 aromatic heterocycles. The lowest BCUT2D eigenvalue weighted by atomic mass is 10.2. The van der Waals surface area contributed by atoms with Crippen LogP contribution in [0.1, 0.15) is 16.1 Å². The molecular formula is C21H21N7O2. The molecule has 1 aliphatic heterocycles. The highest BCUT2D eigenvalue weighted by Crippen LogP contribution is 2.18. The molecule has 152 valence electrons. The number of hydrogen-bond acceptors (Lipinski definition) is 5. The number of anilines is 1. The Kier molecular flexibility index (Phi) is 4.35. The number of para-hydroxylation sites is 1. The van der Waals surface area contributed by atoms with Gasteiger partial charge in [0.15, 0.2) is 0 Å². The molecular weight excluding hydrogens is 382 g/mol. The molecule has 0 bridgehead atoms. The highest BCUT2D eigenvalue weighted by molar-refractivity contribution is 5.95. The van der Waals surface area contributed by atoms with Gasteiger partial charge in [-0.15, -0.1) is 5.10 Å². The van der Waals surface area contributed by atoms with E-state index in [2.05, 4.69) is 32.2 Å². The van der Waals surface area contributed by atoms with Crippen LogP contribution in [-0.2, 0) is 0 Å². The van der Waals surface area contributed by atoms with Crippen LogP contribution in [0.25, 0.3) is 11.5 Å². The maximum Gasteiger partial charge on any atom is 0.276 e. The van der Waals surface area contributed by atoms with Crippen molar-refractivity contribution in [2.45, 2.75) is 6.92 Å². The number of benzene rings is 1. The summed E-state index contributed by atoms with van der Waals surface area (Å²) in [7, 11) is 0. The second-order valence-corrected chi connectivity index (χ2v) is 7.29. The Bertz CT molecular complexity index is 1260. The largest absolute Gasteiger partial charge is 0.368 e. The number of aromatic nitrogens is 5. The minimum absolute atomic E-state index is 0.0594. The molecule has 1 N–H and O–H groups in total. The summed E-state index contributed by atoms with van der Waals surface area (Å²) < 4.78 is 2.99. The molecule has 4 aromatic rings. The molecule has 5 rings (SSSR count). The van der Waals surface area contributed by atoms with Crippen molar-refractivity contribution in [1.29, 1.82) is 0 Å². The molecule has 1 amide bonds. The van der Waals surface area contributed by atoms with Crippen molar-refractivity contribution in [1.82, 2.24) is 29.3 Å². The van der Waals surface area contributed by atoms with Crippen molar-refractivity contribution >= 4 is 17.1 Å². The van der Waals surface area contributed by atoms with Crippen LogP contribution in [0.2, 0.25) is 0 Å². The second-order valence-electron chi connectivity index (χ2n) is 7.29. The van der Waals surface area contributed by atoms with Crippen molar-refractivity contribution in [3.05, 3.63) is 76.5 Å². The van der Waals surface area contributed by atoms with Gasteiger partial charge in [-0.25, -0.2) is 9.20 Å². The fourth-order valence-corrected chi connectivity index (χ4v) is 3.84. The van der Waals surface area contributed by atoms with Crippen LogP contribution >= 0.6 is 0 Å². The average Bonchev–Trinajstić information content (AvgIpc) is 3.41. The lowest BCUT2D eigenvalue weighted by molar-refractivity contribution is 0.0746. The minimum atomic E-state index is -0.259. The lowest BCUT2D eigenvalue weighted by Gasteiger charge is -2.36. The normalized spacial score (nSPS) is 14.4. The molecule has 30 heavy (non-hydrogen) atoms. The fourth-order valence-electron chi connectivity index (χ4n) is 3.84. The third-order valence-electron chi connectivity index (χ3n) is 5.52. The van der Waals surface area contributed by atoms with E-state index in [9.17, 15) is 9.59 Å². The van der Waals surface area contributed by atoms with Gasteiger partial charge in [-0.05, 0) is 31.2 Å². The molecule has 0 atom stereocenters. The number of aromatic amines is 1. The van der Waals surface area contributed by atoms with Crippen molar-refractivity contribution in [2.75, 3.05) is 31.1 Å². The van der Waals surface area contributed by atoms with E-state index in [1.54, 1.807) is 31.5 Å². The second kappa shape index (κ2) is 7.18. The quantitative estimate of drug-likeness (QED) is 0.560. The van der Waals surface area contributed by atoms with Gasteiger partial charge in [-0.1, -0.05) is 18.2 Å². The number of hydrogen-bond donors (Lipinski definition) is 1. The van der Waals surface area contributed by atoms with E-state index in [0.29, 0.717) is 29.9 Å². The van der Waals surface area contributed by atoms with E-state index in [0.717, 1.165) is 13.1 Å². The van der Waals surface area contributed by atoms with Gasteiger partial charge in [0.1, 0.15) is 5.52 Å².